The highest BCUT2D eigenvalue weighted by molar-refractivity contribution is 7.91. The van der Waals surface area contributed by atoms with E-state index in [0.717, 1.165) is 10.4 Å². The molecule has 0 bridgehead atoms. The second-order valence-electron chi connectivity index (χ2n) is 3.94. The standard InChI is InChI=1S/C12H15N3O2S2/c1-13-9-11-4-5-12(18-11)19(16,17)15-8-10-3-2-6-14-7-10/h2-7,13,15H,8-9H2,1H3. The summed E-state index contributed by atoms with van der Waals surface area (Å²) in [5, 5.41) is 2.99. The molecule has 0 aliphatic rings. The molecule has 2 rings (SSSR count). The van der Waals surface area contributed by atoms with Crippen molar-refractivity contribution in [1.82, 2.24) is 15.0 Å². The molecule has 0 saturated heterocycles. The highest BCUT2D eigenvalue weighted by Gasteiger charge is 2.16. The van der Waals surface area contributed by atoms with Crippen LogP contribution >= 0.6 is 11.3 Å². The van der Waals surface area contributed by atoms with Crippen molar-refractivity contribution < 1.29 is 8.42 Å². The van der Waals surface area contributed by atoms with Gasteiger partial charge in [0.2, 0.25) is 10.0 Å². The zero-order chi connectivity index (χ0) is 13.7. The van der Waals surface area contributed by atoms with Crippen LogP contribution in [0.2, 0.25) is 0 Å². The van der Waals surface area contributed by atoms with E-state index in [1.165, 1.54) is 11.3 Å². The Morgan fingerprint density at radius 2 is 2.11 bits per heavy atom. The maximum absolute atomic E-state index is 12.1. The summed E-state index contributed by atoms with van der Waals surface area (Å²) < 4.78 is 27.1. The number of hydrogen-bond acceptors (Lipinski definition) is 5. The van der Waals surface area contributed by atoms with Crippen molar-refractivity contribution in [3.8, 4) is 0 Å². The second-order valence-corrected chi connectivity index (χ2v) is 7.10. The lowest BCUT2D eigenvalue weighted by Crippen LogP contribution is -2.22. The summed E-state index contributed by atoms with van der Waals surface area (Å²) in [6.07, 6.45) is 3.30. The normalized spacial score (nSPS) is 11.6. The quantitative estimate of drug-likeness (QED) is 0.844. The molecular formula is C12H15N3O2S2. The molecule has 0 aliphatic heterocycles. The summed E-state index contributed by atoms with van der Waals surface area (Å²) in [6.45, 7) is 0.915. The minimum absolute atomic E-state index is 0.245. The van der Waals surface area contributed by atoms with Gasteiger partial charge < -0.3 is 5.32 Å². The average Bonchev–Trinajstić information content (AvgIpc) is 2.88. The summed E-state index contributed by atoms with van der Waals surface area (Å²) in [5.41, 5.74) is 0.832. The fourth-order valence-electron chi connectivity index (χ4n) is 1.52. The molecule has 2 aromatic heterocycles. The van der Waals surface area contributed by atoms with Crippen LogP contribution in [-0.4, -0.2) is 20.4 Å². The predicted molar refractivity (Wildman–Crippen MR) is 75.3 cm³/mol. The molecule has 0 aliphatic carbocycles. The van der Waals surface area contributed by atoms with Crippen LogP contribution in [0.4, 0.5) is 0 Å². The molecule has 2 heterocycles. The van der Waals surface area contributed by atoms with Gasteiger partial charge in [0.15, 0.2) is 0 Å². The van der Waals surface area contributed by atoms with E-state index < -0.39 is 10.0 Å². The SMILES string of the molecule is CNCc1ccc(S(=O)(=O)NCc2cccnc2)s1. The molecule has 0 radical (unpaired) electrons. The van der Waals surface area contributed by atoms with Crippen LogP contribution in [-0.2, 0) is 23.1 Å². The average molecular weight is 297 g/mol. The van der Waals surface area contributed by atoms with Gasteiger partial charge in [-0.1, -0.05) is 6.07 Å². The van der Waals surface area contributed by atoms with Crippen molar-refractivity contribution in [3.63, 3.8) is 0 Å². The molecule has 0 unspecified atom stereocenters. The van der Waals surface area contributed by atoms with Gasteiger partial charge in [0, 0.05) is 30.4 Å². The topological polar surface area (TPSA) is 71.1 Å². The molecule has 0 spiro atoms. The molecule has 0 aromatic carbocycles. The maximum Gasteiger partial charge on any atom is 0.250 e. The molecular weight excluding hydrogens is 282 g/mol. The first-order valence-corrected chi connectivity index (χ1v) is 8.03. The van der Waals surface area contributed by atoms with E-state index in [9.17, 15) is 8.42 Å². The number of hydrogen-bond donors (Lipinski definition) is 2. The third-order valence-electron chi connectivity index (χ3n) is 2.44. The summed E-state index contributed by atoms with van der Waals surface area (Å²) in [6, 6.07) is 7.05. The van der Waals surface area contributed by atoms with Crippen LogP contribution in [0, 0.1) is 0 Å². The molecule has 0 saturated carbocycles. The van der Waals surface area contributed by atoms with Gasteiger partial charge in [0.25, 0.3) is 0 Å². The van der Waals surface area contributed by atoms with Gasteiger partial charge in [0.1, 0.15) is 4.21 Å². The molecule has 102 valence electrons. The number of thiophene rings is 1. The van der Waals surface area contributed by atoms with Gasteiger partial charge in [0.05, 0.1) is 0 Å². The van der Waals surface area contributed by atoms with Crippen molar-refractivity contribution in [2.24, 2.45) is 0 Å². The van der Waals surface area contributed by atoms with Crippen LogP contribution in [0.15, 0.2) is 40.9 Å². The number of nitrogens with one attached hydrogen (secondary N) is 2. The number of aromatic nitrogens is 1. The molecule has 7 heteroatoms. The van der Waals surface area contributed by atoms with Crippen molar-refractivity contribution in [1.29, 1.82) is 0 Å². The summed E-state index contributed by atoms with van der Waals surface area (Å²) in [4.78, 5) is 4.94. The summed E-state index contributed by atoms with van der Waals surface area (Å²) in [5.74, 6) is 0. The van der Waals surface area contributed by atoms with E-state index in [0.29, 0.717) is 10.8 Å². The summed E-state index contributed by atoms with van der Waals surface area (Å²) >= 11 is 1.27. The molecule has 0 atom stereocenters. The number of pyridine rings is 1. The van der Waals surface area contributed by atoms with E-state index in [2.05, 4.69) is 15.0 Å². The smallest absolute Gasteiger partial charge is 0.250 e. The first-order valence-electron chi connectivity index (χ1n) is 5.74. The Labute approximate surface area is 116 Å². The van der Waals surface area contributed by atoms with Gasteiger partial charge in [-0.2, -0.15) is 0 Å². The first kappa shape index (κ1) is 14.1. The Hall–Kier alpha value is -1.28. The zero-order valence-electron chi connectivity index (χ0n) is 10.5. The first-order chi connectivity index (χ1) is 9.12. The van der Waals surface area contributed by atoms with Crippen molar-refractivity contribution in [3.05, 3.63) is 47.1 Å². The van der Waals surface area contributed by atoms with E-state index in [1.807, 2.05) is 19.2 Å². The number of sulfonamides is 1. The van der Waals surface area contributed by atoms with E-state index >= 15 is 0 Å². The lowest BCUT2D eigenvalue weighted by atomic mass is 10.3. The van der Waals surface area contributed by atoms with Gasteiger partial charge >= 0.3 is 0 Å². The fraction of sp³-hybridized carbons (Fsp3) is 0.250. The van der Waals surface area contributed by atoms with Crippen LogP contribution in [0.5, 0.6) is 0 Å². The minimum atomic E-state index is -3.44. The Bertz CT molecular complexity index is 623. The monoisotopic (exact) mass is 297 g/mol. The van der Waals surface area contributed by atoms with Gasteiger partial charge in [-0.05, 0) is 30.8 Å². The molecule has 0 fully saturated rings. The van der Waals surface area contributed by atoms with E-state index in [1.54, 1.807) is 24.5 Å². The van der Waals surface area contributed by atoms with Gasteiger partial charge in [-0.25, -0.2) is 13.1 Å². The molecule has 2 aromatic rings. The molecule has 2 N–H and O–H groups in total. The van der Waals surface area contributed by atoms with Crippen molar-refractivity contribution >= 4 is 21.4 Å². The fourth-order valence-corrected chi connectivity index (χ4v) is 3.95. The Kier molecular flexibility index (Phi) is 4.65. The van der Waals surface area contributed by atoms with Crippen molar-refractivity contribution in [2.45, 2.75) is 17.3 Å². The highest BCUT2D eigenvalue weighted by Crippen LogP contribution is 2.21. The van der Waals surface area contributed by atoms with Gasteiger partial charge in [-0.3, -0.25) is 4.98 Å². The third-order valence-corrected chi connectivity index (χ3v) is 5.42. The number of rotatable bonds is 6. The van der Waals surface area contributed by atoms with E-state index in [-0.39, 0.29) is 6.54 Å². The molecule has 5 nitrogen and oxygen atoms in total. The Morgan fingerprint density at radius 1 is 1.26 bits per heavy atom. The van der Waals surface area contributed by atoms with Crippen LogP contribution < -0.4 is 10.0 Å². The summed E-state index contributed by atoms with van der Waals surface area (Å²) in [7, 11) is -1.62. The second kappa shape index (κ2) is 6.25. The highest BCUT2D eigenvalue weighted by atomic mass is 32.2. The van der Waals surface area contributed by atoms with Gasteiger partial charge in [-0.15, -0.1) is 11.3 Å². The minimum Gasteiger partial charge on any atom is -0.315 e. The molecule has 19 heavy (non-hydrogen) atoms. The largest absolute Gasteiger partial charge is 0.315 e. The van der Waals surface area contributed by atoms with E-state index in [4.69, 9.17) is 0 Å². The zero-order valence-corrected chi connectivity index (χ0v) is 12.1. The Morgan fingerprint density at radius 3 is 2.79 bits per heavy atom. The van der Waals surface area contributed by atoms with Crippen LogP contribution in [0.25, 0.3) is 0 Å². The van der Waals surface area contributed by atoms with Crippen LogP contribution in [0.3, 0.4) is 0 Å². The lowest BCUT2D eigenvalue weighted by molar-refractivity contribution is 0.583. The number of nitrogens with zero attached hydrogens (tertiary/aromatic N) is 1. The maximum atomic E-state index is 12.1. The third kappa shape index (κ3) is 3.84. The van der Waals surface area contributed by atoms with Crippen LogP contribution in [0.1, 0.15) is 10.4 Å². The molecule has 0 amide bonds. The van der Waals surface area contributed by atoms with Crippen molar-refractivity contribution in [2.75, 3.05) is 7.05 Å². The Balaban J connectivity index is 2.05. The predicted octanol–water partition coefficient (Wildman–Crippen LogP) is 1.34. The lowest BCUT2D eigenvalue weighted by Gasteiger charge is -2.04.